The molecule has 2 aromatic carbocycles. The highest BCUT2D eigenvalue weighted by molar-refractivity contribution is 6.31. The number of esters is 1. The van der Waals surface area contributed by atoms with Crippen LogP contribution in [-0.4, -0.2) is 22.6 Å². The fraction of sp³-hybridized carbons (Fsp3) is 0.333. The van der Waals surface area contributed by atoms with Crippen LogP contribution in [0.3, 0.4) is 0 Å². The summed E-state index contributed by atoms with van der Waals surface area (Å²) < 4.78 is 5.41. The molecule has 0 aromatic heterocycles. The van der Waals surface area contributed by atoms with E-state index in [1.165, 1.54) is 12.1 Å². The molecule has 0 spiro atoms. The average Bonchev–Trinajstić information content (AvgIpc) is 2.58. The van der Waals surface area contributed by atoms with Crippen molar-refractivity contribution in [1.29, 1.82) is 0 Å². The van der Waals surface area contributed by atoms with Crippen molar-refractivity contribution in [2.75, 3.05) is 0 Å². The predicted octanol–water partition coefficient (Wildman–Crippen LogP) is 4.25. The number of carbonyl (C=O) groups excluding carboxylic acids is 2. The maximum Gasteiger partial charge on any atom is 0.338 e. The van der Waals surface area contributed by atoms with E-state index in [1.807, 2.05) is 26.8 Å². The van der Waals surface area contributed by atoms with Gasteiger partial charge in [0, 0.05) is 18.0 Å². The zero-order valence-corrected chi connectivity index (χ0v) is 16.5. The van der Waals surface area contributed by atoms with Gasteiger partial charge in [-0.05, 0) is 56.5 Å². The molecule has 27 heavy (non-hydrogen) atoms. The number of hydrogen-bond acceptors (Lipinski definition) is 4. The summed E-state index contributed by atoms with van der Waals surface area (Å²) in [4.78, 5) is 24.5. The van der Waals surface area contributed by atoms with E-state index in [0.717, 1.165) is 5.56 Å². The van der Waals surface area contributed by atoms with Gasteiger partial charge in [-0.2, -0.15) is 0 Å². The molecule has 0 saturated heterocycles. The smallest absolute Gasteiger partial charge is 0.338 e. The van der Waals surface area contributed by atoms with Crippen LogP contribution >= 0.6 is 11.6 Å². The fourth-order valence-electron chi connectivity index (χ4n) is 2.48. The Bertz CT molecular complexity index is 827. The zero-order chi connectivity index (χ0) is 20.0. The number of hydrogen-bond donors (Lipinski definition) is 2. The lowest BCUT2D eigenvalue weighted by Gasteiger charge is -2.20. The van der Waals surface area contributed by atoms with E-state index < -0.39 is 11.6 Å². The van der Waals surface area contributed by atoms with E-state index >= 15 is 0 Å². The van der Waals surface area contributed by atoms with Crippen LogP contribution in [0, 0.1) is 0 Å². The molecule has 0 fully saturated rings. The molecule has 0 saturated carbocycles. The summed E-state index contributed by atoms with van der Waals surface area (Å²) in [7, 11) is 0. The number of carbonyl (C=O) groups is 2. The van der Waals surface area contributed by atoms with Crippen LogP contribution in [0.25, 0.3) is 0 Å². The second kappa shape index (κ2) is 8.91. The normalized spacial score (nSPS) is 11.1. The number of amides is 1. The summed E-state index contributed by atoms with van der Waals surface area (Å²) in [5.74, 6) is -0.478. The van der Waals surface area contributed by atoms with Gasteiger partial charge in [0.25, 0.3) is 0 Å². The minimum atomic E-state index is -0.586. The number of phenols is 1. The lowest BCUT2D eigenvalue weighted by Crippen LogP contribution is -2.27. The highest BCUT2D eigenvalue weighted by Crippen LogP contribution is 2.22. The van der Waals surface area contributed by atoms with Crippen LogP contribution in [0.15, 0.2) is 42.5 Å². The highest BCUT2D eigenvalue weighted by atomic mass is 35.5. The quantitative estimate of drug-likeness (QED) is 0.724. The van der Waals surface area contributed by atoms with Crippen molar-refractivity contribution in [1.82, 2.24) is 5.32 Å². The first-order chi connectivity index (χ1) is 12.7. The lowest BCUT2D eigenvalue weighted by molar-refractivity contribution is -0.121. The molecule has 0 heterocycles. The molecule has 144 valence electrons. The summed E-state index contributed by atoms with van der Waals surface area (Å²) in [6.45, 7) is 5.66. The van der Waals surface area contributed by atoms with Gasteiger partial charge in [-0.3, -0.25) is 4.79 Å². The van der Waals surface area contributed by atoms with Gasteiger partial charge in [-0.1, -0.05) is 35.9 Å². The van der Waals surface area contributed by atoms with Gasteiger partial charge in [-0.15, -0.1) is 0 Å². The number of benzene rings is 2. The maximum atomic E-state index is 12.3. The van der Waals surface area contributed by atoms with Gasteiger partial charge in [0.1, 0.15) is 11.4 Å². The van der Waals surface area contributed by atoms with Gasteiger partial charge in [0.15, 0.2) is 0 Å². The third kappa shape index (κ3) is 6.61. The molecule has 0 aliphatic heterocycles. The van der Waals surface area contributed by atoms with E-state index in [0.29, 0.717) is 22.6 Å². The Morgan fingerprint density at radius 1 is 1.11 bits per heavy atom. The Morgan fingerprint density at radius 3 is 2.48 bits per heavy atom. The van der Waals surface area contributed by atoms with E-state index in [4.69, 9.17) is 16.3 Å². The Balaban J connectivity index is 1.94. The van der Waals surface area contributed by atoms with Crippen molar-refractivity contribution >= 4 is 23.5 Å². The summed E-state index contributed by atoms with van der Waals surface area (Å²) in [5, 5.41) is 12.6. The predicted molar refractivity (Wildman–Crippen MR) is 105 cm³/mol. The van der Waals surface area contributed by atoms with Gasteiger partial charge < -0.3 is 15.2 Å². The molecule has 0 atom stereocenters. The van der Waals surface area contributed by atoms with Crippen molar-refractivity contribution in [2.45, 2.75) is 45.8 Å². The molecular formula is C21H24ClNO4. The molecule has 0 aliphatic rings. The van der Waals surface area contributed by atoms with Crippen molar-refractivity contribution in [3.05, 3.63) is 64.2 Å². The number of nitrogens with one attached hydrogen (secondary N) is 1. The van der Waals surface area contributed by atoms with E-state index in [1.54, 1.807) is 24.3 Å². The first kappa shape index (κ1) is 20.8. The zero-order valence-electron chi connectivity index (χ0n) is 15.7. The maximum absolute atomic E-state index is 12.3. The molecule has 2 aromatic rings. The Morgan fingerprint density at radius 2 is 1.81 bits per heavy atom. The van der Waals surface area contributed by atoms with Crippen LogP contribution in [-0.2, 0) is 22.5 Å². The summed E-state index contributed by atoms with van der Waals surface area (Å²) in [6.07, 6.45) is 0.706. The Labute approximate surface area is 164 Å². The van der Waals surface area contributed by atoms with E-state index in [2.05, 4.69) is 5.32 Å². The molecule has 0 radical (unpaired) electrons. The molecule has 5 nitrogen and oxygen atoms in total. The number of aryl methyl sites for hydroxylation is 1. The fourth-order valence-corrected chi connectivity index (χ4v) is 2.75. The monoisotopic (exact) mass is 389 g/mol. The van der Waals surface area contributed by atoms with Crippen LogP contribution < -0.4 is 5.32 Å². The van der Waals surface area contributed by atoms with Crippen LogP contribution in [0.1, 0.15) is 48.7 Å². The Hall–Kier alpha value is -2.53. The molecule has 0 bridgehead atoms. The first-order valence-electron chi connectivity index (χ1n) is 8.71. The number of aromatic hydroxyl groups is 1. The van der Waals surface area contributed by atoms with Crippen LogP contribution in [0.2, 0.25) is 5.02 Å². The first-order valence-corrected chi connectivity index (χ1v) is 9.09. The van der Waals surface area contributed by atoms with Crippen molar-refractivity contribution in [2.24, 2.45) is 0 Å². The van der Waals surface area contributed by atoms with Crippen LogP contribution in [0.4, 0.5) is 0 Å². The summed E-state index contributed by atoms with van der Waals surface area (Å²) in [5.41, 5.74) is 1.34. The number of ether oxygens (including phenoxy) is 1. The van der Waals surface area contributed by atoms with E-state index in [9.17, 15) is 14.7 Å². The van der Waals surface area contributed by atoms with Crippen LogP contribution in [0.5, 0.6) is 5.75 Å². The van der Waals surface area contributed by atoms with Crippen molar-refractivity contribution in [3.63, 3.8) is 0 Å². The minimum absolute atomic E-state index is 0.0898. The molecule has 0 aliphatic carbocycles. The highest BCUT2D eigenvalue weighted by Gasteiger charge is 2.20. The largest absolute Gasteiger partial charge is 0.508 e. The number of phenolic OH excluding ortho intramolecular Hbond substituents is 1. The molecule has 0 unspecified atom stereocenters. The molecular weight excluding hydrogens is 366 g/mol. The van der Waals surface area contributed by atoms with Gasteiger partial charge in [0.2, 0.25) is 5.91 Å². The minimum Gasteiger partial charge on any atom is -0.508 e. The topological polar surface area (TPSA) is 75.6 Å². The Kier molecular flexibility index (Phi) is 6.86. The van der Waals surface area contributed by atoms with Crippen molar-refractivity contribution in [3.8, 4) is 5.75 Å². The molecule has 1 amide bonds. The number of halogens is 1. The van der Waals surface area contributed by atoms with Gasteiger partial charge in [0.05, 0.1) is 5.56 Å². The third-order valence-corrected chi connectivity index (χ3v) is 4.12. The molecule has 6 heteroatoms. The van der Waals surface area contributed by atoms with Crippen molar-refractivity contribution < 1.29 is 19.4 Å². The third-order valence-electron chi connectivity index (χ3n) is 3.77. The number of rotatable bonds is 6. The molecule has 2 rings (SSSR count). The second-order valence-electron chi connectivity index (χ2n) is 7.21. The lowest BCUT2D eigenvalue weighted by atomic mass is 10.1. The standard InChI is InChI=1S/C21H24ClNO4/c1-21(2,3)27-20(26)17-7-5-4-6-15(17)13-23-19(25)11-9-14-8-10-16(24)12-18(14)22/h4-8,10,12,24H,9,11,13H2,1-3H3,(H,23,25). The van der Waals surface area contributed by atoms with Gasteiger partial charge in [-0.25, -0.2) is 4.79 Å². The molecule has 2 N–H and O–H groups in total. The summed E-state index contributed by atoms with van der Waals surface area (Å²) >= 11 is 6.05. The average molecular weight is 390 g/mol. The summed E-state index contributed by atoms with van der Waals surface area (Å²) in [6, 6.07) is 11.7. The SMILES string of the molecule is CC(C)(C)OC(=O)c1ccccc1CNC(=O)CCc1ccc(O)cc1Cl. The second-order valence-corrected chi connectivity index (χ2v) is 7.62. The van der Waals surface area contributed by atoms with E-state index in [-0.39, 0.29) is 24.6 Å². The van der Waals surface area contributed by atoms with Gasteiger partial charge >= 0.3 is 5.97 Å².